The first-order chi connectivity index (χ1) is 12.6. The van der Waals surface area contributed by atoms with Gasteiger partial charge in [-0.15, -0.1) is 0 Å². The molecule has 7 heteroatoms. The number of hydrogen-bond donors (Lipinski definition) is 3. The lowest BCUT2D eigenvalue weighted by Gasteiger charge is -2.36. The van der Waals surface area contributed by atoms with Crippen molar-refractivity contribution in [2.45, 2.75) is 37.8 Å². The number of carbonyl (C=O) groups excluding carboxylic acids is 2. The zero-order valence-electron chi connectivity index (χ0n) is 15.0. The smallest absolute Gasteiger partial charge is 0.319 e. The van der Waals surface area contributed by atoms with Crippen LogP contribution in [0.1, 0.15) is 25.7 Å². The first kappa shape index (κ1) is 18.7. The fraction of sp³-hybridized carbons (Fsp3) is 0.579. The summed E-state index contributed by atoms with van der Waals surface area (Å²) in [5.41, 5.74) is 6.96. The number of benzene rings is 1. The minimum absolute atomic E-state index is 0.0316. The zero-order valence-corrected chi connectivity index (χ0v) is 15.0. The average molecular weight is 360 g/mol. The summed E-state index contributed by atoms with van der Waals surface area (Å²) in [6.45, 7) is 2.64. The Bertz CT molecular complexity index is 596. The molecule has 2 heterocycles. The highest BCUT2D eigenvalue weighted by molar-refractivity contribution is 5.89. The van der Waals surface area contributed by atoms with E-state index in [1.54, 1.807) is 0 Å². The van der Waals surface area contributed by atoms with Crippen LogP contribution in [0.25, 0.3) is 0 Å². The van der Waals surface area contributed by atoms with E-state index in [0.29, 0.717) is 26.3 Å². The van der Waals surface area contributed by atoms with E-state index in [0.717, 1.165) is 31.4 Å². The SMILES string of the molecule is NC(C(=O)N1CCC(NC(=O)Nc2ccccc2)CC1)C1CCOCC1. The van der Waals surface area contributed by atoms with E-state index in [4.69, 9.17) is 10.5 Å². The van der Waals surface area contributed by atoms with Crippen molar-refractivity contribution in [1.29, 1.82) is 0 Å². The van der Waals surface area contributed by atoms with Crippen LogP contribution in [0.2, 0.25) is 0 Å². The van der Waals surface area contributed by atoms with Gasteiger partial charge in [-0.25, -0.2) is 4.79 Å². The van der Waals surface area contributed by atoms with Gasteiger partial charge in [-0.2, -0.15) is 0 Å². The van der Waals surface area contributed by atoms with Gasteiger partial charge < -0.3 is 26.0 Å². The topological polar surface area (TPSA) is 96.7 Å². The average Bonchev–Trinajstić information content (AvgIpc) is 2.69. The van der Waals surface area contributed by atoms with Crippen LogP contribution in [-0.4, -0.2) is 55.2 Å². The van der Waals surface area contributed by atoms with E-state index in [2.05, 4.69) is 10.6 Å². The number of likely N-dealkylation sites (tertiary alicyclic amines) is 1. The first-order valence-corrected chi connectivity index (χ1v) is 9.38. The van der Waals surface area contributed by atoms with Crippen LogP contribution in [0.5, 0.6) is 0 Å². The molecule has 2 saturated heterocycles. The van der Waals surface area contributed by atoms with Crippen LogP contribution in [0.15, 0.2) is 30.3 Å². The van der Waals surface area contributed by atoms with Crippen molar-refractivity contribution in [3.63, 3.8) is 0 Å². The van der Waals surface area contributed by atoms with E-state index in [9.17, 15) is 9.59 Å². The van der Waals surface area contributed by atoms with E-state index < -0.39 is 6.04 Å². The van der Waals surface area contributed by atoms with E-state index in [-0.39, 0.29) is 23.9 Å². The number of para-hydroxylation sites is 1. The second-order valence-corrected chi connectivity index (χ2v) is 7.04. The Balaban J connectivity index is 1.42. The number of nitrogens with zero attached hydrogens (tertiary/aromatic N) is 1. The molecule has 7 nitrogen and oxygen atoms in total. The predicted molar refractivity (Wildman–Crippen MR) is 99.7 cm³/mol. The number of carbonyl (C=O) groups is 2. The third-order valence-corrected chi connectivity index (χ3v) is 5.23. The molecule has 2 aliphatic rings. The van der Waals surface area contributed by atoms with Crippen LogP contribution in [0.3, 0.4) is 0 Å². The molecular weight excluding hydrogens is 332 g/mol. The highest BCUT2D eigenvalue weighted by Gasteiger charge is 2.32. The number of amides is 3. The predicted octanol–water partition coefficient (Wildman–Crippen LogP) is 1.55. The largest absolute Gasteiger partial charge is 0.381 e. The van der Waals surface area contributed by atoms with E-state index in [1.165, 1.54) is 0 Å². The summed E-state index contributed by atoms with van der Waals surface area (Å²) in [6.07, 6.45) is 3.19. The van der Waals surface area contributed by atoms with Crippen molar-refractivity contribution in [1.82, 2.24) is 10.2 Å². The number of nitrogens with one attached hydrogen (secondary N) is 2. The van der Waals surface area contributed by atoms with Crippen molar-refractivity contribution in [2.24, 2.45) is 11.7 Å². The number of hydrogen-bond acceptors (Lipinski definition) is 4. The van der Waals surface area contributed by atoms with Gasteiger partial charge in [-0.05, 0) is 43.7 Å². The van der Waals surface area contributed by atoms with Crippen LogP contribution < -0.4 is 16.4 Å². The maximum atomic E-state index is 12.6. The molecule has 142 valence electrons. The van der Waals surface area contributed by atoms with Gasteiger partial charge in [-0.1, -0.05) is 18.2 Å². The first-order valence-electron chi connectivity index (χ1n) is 9.38. The molecule has 2 fully saturated rings. The molecule has 0 spiro atoms. The second kappa shape index (κ2) is 9.00. The molecular formula is C19H28N4O3. The third kappa shape index (κ3) is 4.95. The van der Waals surface area contributed by atoms with Crippen molar-refractivity contribution in [2.75, 3.05) is 31.6 Å². The van der Waals surface area contributed by atoms with Gasteiger partial charge in [0, 0.05) is 38.0 Å². The van der Waals surface area contributed by atoms with Gasteiger partial charge >= 0.3 is 6.03 Å². The van der Waals surface area contributed by atoms with Gasteiger partial charge in [0.2, 0.25) is 5.91 Å². The molecule has 26 heavy (non-hydrogen) atoms. The van der Waals surface area contributed by atoms with Crippen molar-refractivity contribution in [3.05, 3.63) is 30.3 Å². The standard InChI is InChI=1S/C19H28N4O3/c20-17(14-8-12-26-13-9-14)18(24)23-10-6-16(7-11-23)22-19(25)21-15-4-2-1-3-5-15/h1-5,14,16-17H,6-13,20H2,(H2,21,22,25). The summed E-state index contributed by atoms with van der Waals surface area (Å²) >= 11 is 0. The minimum atomic E-state index is -0.440. The van der Waals surface area contributed by atoms with Gasteiger partial charge in [-0.3, -0.25) is 4.79 Å². The highest BCUT2D eigenvalue weighted by Crippen LogP contribution is 2.20. The van der Waals surface area contributed by atoms with Crippen LogP contribution in [0, 0.1) is 5.92 Å². The molecule has 1 aromatic rings. The summed E-state index contributed by atoms with van der Waals surface area (Å²) in [5, 5.41) is 5.81. The minimum Gasteiger partial charge on any atom is -0.381 e. The quantitative estimate of drug-likeness (QED) is 0.759. The van der Waals surface area contributed by atoms with Gasteiger partial charge in [0.05, 0.1) is 6.04 Å². The Morgan fingerprint density at radius 2 is 1.73 bits per heavy atom. The van der Waals surface area contributed by atoms with Crippen molar-refractivity contribution < 1.29 is 14.3 Å². The Hall–Kier alpha value is -2.12. The maximum absolute atomic E-state index is 12.6. The molecule has 4 N–H and O–H groups in total. The maximum Gasteiger partial charge on any atom is 0.319 e. The lowest BCUT2D eigenvalue weighted by atomic mass is 9.91. The molecule has 3 amide bonds. The van der Waals surface area contributed by atoms with Crippen LogP contribution in [-0.2, 0) is 9.53 Å². The lowest BCUT2D eigenvalue weighted by Crippen LogP contribution is -2.53. The summed E-state index contributed by atoms with van der Waals surface area (Å²) in [5.74, 6) is 0.243. The fourth-order valence-corrected chi connectivity index (χ4v) is 3.61. The Morgan fingerprint density at radius 3 is 2.38 bits per heavy atom. The van der Waals surface area contributed by atoms with Crippen molar-refractivity contribution >= 4 is 17.6 Å². The van der Waals surface area contributed by atoms with Crippen LogP contribution in [0.4, 0.5) is 10.5 Å². The number of ether oxygens (including phenoxy) is 1. The summed E-state index contributed by atoms with van der Waals surface area (Å²) in [4.78, 5) is 26.5. The molecule has 0 aromatic heterocycles. The molecule has 0 radical (unpaired) electrons. The molecule has 0 aliphatic carbocycles. The molecule has 3 rings (SSSR count). The number of anilines is 1. The number of piperidine rings is 1. The van der Waals surface area contributed by atoms with E-state index in [1.807, 2.05) is 35.2 Å². The summed E-state index contributed by atoms with van der Waals surface area (Å²) < 4.78 is 5.34. The summed E-state index contributed by atoms with van der Waals surface area (Å²) in [7, 11) is 0. The normalized spacial score (nSPS) is 20.4. The van der Waals surface area contributed by atoms with Gasteiger partial charge in [0.25, 0.3) is 0 Å². The van der Waals surface area contributed by atoms with Gasteiger partial charge in [0.15, 0.2) is 0 Å². The molecule has 1 unspecified atom stereocenters. The summed E-state index contributed by atoms with van der Waals surface area (Å²) in [6, 6.07) is 8.77. The molecule has 1 atom stereocenters. The molecule has 0 bridgehead atoms. The zero-order chi connectivity index (χ0) is 18.4. The highest BCUT2D eigenvalue weighted by atomic mass is 16.5. The second-order valence-electron chi connectivity index (χ2n) is 7.04. The number of urea groups is 1. The Kier molecular flexibility index (Phi) is 6.46. The van der Waals surface area contributed by atoms with Crippen LogP contribution >= 0.6 is 0 Å². The Morgan fingerprint density at radius 1 is 1.08 bits per heavy atom. The number of rotatable bonds is 4. The van der Waals surface area contributed by atoms with Crippen molar-refractivity contribution in [3.8, 4) is 0 Å². The third-order valence-electron chi connectivity index (χ3n) is 5.23. The monoisotopic (exact) mass is 360 g/mol. The van der Waals surface area contributed by atoms with E-state index >= 15 is 0 Å². The molecule has 1 aromatic carbocycles. The number of nitrogens with two attached hydrogens (primary N) is 1. The molecule has 0 saturated carbocycles. The fourth-order valence-electron chi connectivity index (χ4n) is 3.61. The lowest BCUT2D eigenvalue weighted by molar-refractivity contribution is -0.135. The molecule has 2 aliphatic heterocycles. The van der Waals surface area contributed by atoms with Gasteiger partial charge in [0.1, 0.15) is 0 Å². The Labute approximate surface area is 154 Å².